The van der Waals surface area contributed by atoms with Crippen LogP contribution in [0.4, 0.5) is 0 Å². The maximum Gasteiger partial charge on any atom is 0.175 e. The second-order valence-corrected chi connectivity index (χ2v) is 8.12. The lowest BCUT2D eigenvalue weighted by molar-refractivity contribution is 0.415. The van der Waals surface area contributed by atoms with E-state index in [0.717, 1.165) is 32.1 Å². The van der Waals surface area contributed by atoms with Crippen molar-refractivity contribution in [3.8, 4) is 16.9 Å². The van der Waals surface area contributed by atoms with E-state index in [1.807, 2.05) is 42.5 Å². The fourth-order valence-corrected chi connectivity index (χ4v) is 3.85. The van der Waals surface area contributed by atoms with Gasteiger partial charge in [0.15, 0.2) is 9.84 Å². The summed E-state index contributed by atoms with van der Waals surface area (Å²) in [6.07, 6.45) is 1.21. The van der Waals surface area contributed by atoms with Gasteiger partial charge in [-0.3, -0.25) is 0 Å². The Morgan fingerprint density at radius 1 is 1.00 bits per heavy atom. The predicted molar refractivity (Wildman–Crippen MR) is 96.7 cm³/mol. The maximum absolute atomic E-state index is 11.6. The molecule has 0 aliphatic rings. The Balaban J connectivity index is 2.11. The van der Waals surface area contributed by atoms with Crippen molar-refractivity contribution in [1.29, 1.82) is 0 Å². The van der Waals surface area contributed by atoms with Gasteiger partial charge in [0.1, 0.15) is 5.75 Å². The van der Waals surface area contributed by atoms with Gasteiger partial charge < -0.3 is 4.74 Å². The minimum absolute atomic E-state index is 0.322. The second-order valence-electron chi connectivity index (χ2n) is 5.31. The molecule has 23 heavy (non-hydrogen) atoms. The molecule has 0 aliphatic heterocycles. The largest absolute Gasteiger partial charge is 0.497 e. The van der Waals surface area contributed by atoms with Crippen molar-refractivity contribution in [2.24, 2.45) is 0 Å². The number of ether oxygens (including phenoxy) is 1. The van der Waals surface area contributed by atoms with E-state index in [4.69, 9.17) is 4.74 Å². The van der Waals surface area contributed by atoms with Crippen LogP contribution in [0, 0.1) is 0 Å². The van der Waals surface area contributed by atoms with Crippen molar-refractivity contribution < 1.29 is 13.2 Å². The van der Waals surface area contributed by atoms with Crippen LogP contribution in [-0.2, 0) is 9.84 Å². The van der Waals surface area contributed by atoms with Gasteiger partial charge in [-0.05, 0) is 68.2 Å². The number of fused-ring (bicyclic) bond motifs is 1. The van der Waals surface area contributed by atoms with E-state index in [-0.39, 0.29) is 0 Å². The number of hydrogen-bond acceptors (Lipinski definition) is 3. The van der Waals surface area contributed by atoms with E-state index >= 15 is 0 Å². The summed E-state index contributed by atoms with van der Waals surface area (Å²) in [5.74, 6) is 0.814. The summed E-state index contributed by atoms with van der Waals surface area (Å²) in [7, 11) is -1.53. The van der Waals surface area contributed by atoms with E-state index in [1.54, 1.807) is 19.2 Å². The number of benzene rings is 3. The lowest BCUT2D eigenvalue weighted by Gasteiger charge is -2.10. The number of sulfone groups is 1. The summed E-state index contributed by atoms with van der Waals surface area (Å²) in [5, 5.41) is 2.16. The molecule has 5 heteroatoms. The van der Waals surface area contributed by atoms with Crippen molar-refractivity contribution in [3.63, 3.8) is 0 Å². The molecule has 0 aromatic heterocycles. The van der Waals surface area contributed by atoms with Crippen molar-refractivity contribution in [1.82, 2.24) is 0 Å². The zero-order valence-corrected chi connectivity index (χ0v) is 15.1. The van der Waals surface area contributed by atoms with Gasteiger partial charge in [0.2, 0.25) is 0 Å². The average Bonchev–Trinajstić information content (AvgIpc) is 2.54. The third-order valence-corrected chi connectivity index (χ3v) is 5.74. The second kappa shape index (κ2) is 5.98. The Morgan fingerprint density at radius 2 is 1.70 bits per heavy atom. The predicted octanol–water partition coefficient (Wildman–Crippen LogP) is 4.68. The molecule has 0 unspecified atom stereocenters. The standard InChI is InChI=1S/C18H15BrO3S/c1-22-14-6-10-17-13(11-14)5-9-16(18(17)19)12-3-7-15(8-4-12)23(2,20)21/h3-11H,1-2H3/i18+2. The van der Waals surface area contributed by atoms with E-state index in [0.29, 0.717) is 4.90 Å². The third-order valence-electron chi connectivity index (χ3n) is 3.75. The molecule has 0 spiro atoms. The Hall–Kier alpha value is -1.85. The van der Waals surface area contributed by atoms with Gasteiger partial charge >= 0.3 is 0 Å². The van der Waals surface area contributed by atoms with Crippen molar-refractivity contribution in [3.05, 3.63) is 59.1 Å². The van der Waals surface area contributed by atoms with E-state index in [9.17, 15) is 8.42 Å². The third kappa shape index (κ3) is 3.12. The Labute approximate surface area is 144 Å². The smallest absolute Gasteiger partial charge is 0.175 e. The number of methoxy groups -OCH3 is 1. The summed E-state index contributed by atoms with van der Waals surface area (Å²) < 4.78 is 29.3. The summed E-state index contributed by atoms with van der Waals surface area (Å²) >= 11 is 3.66. The van der Waals surface area contributed by atoms with Crippen LogP contribution in [0.1, 0.15) is 0 Å². The van der Waals surface area contributed by atoms with Gasteiger partial charge in [-0.25, -0.2) is 8.42 Å². The Bertz CT molecular complexity index is 977. The minimum atomic E-state index is -3.18. The first kappa shape index (κ1) is 16.0. The highest BCUT2D eigenvalue weighted by Gasteiger charge is 2.10. The van der Waals surface area contributed by atoms with Crippen LogP contribution in [0.15, 0.2) is 64.0 Å². The van der Waals surface area contributed by atoms with Crippen molar-refractivity contribution in [2.75, 3.05) is 13.4 Å². The molecule has 0 fully saturated rings. The molecule has 3 aromatic carbocycles. The molecule has 0 heterocycles. The lowest BCUT2D eigenvalue weighted by atomic mass is 10.1. The minimum Gasteiger partial charge on any atom is -0.497 e. The summed E-state index contributed by atoms with van der Waals surface area (Å²) in [4.78, 5) is 0.322. The number of halogens is 1. The number of rotatable bonds is 3. The molecule has 3 nitrogen and oxygen atoms in total. The molecular formula is C18H15BrO3S. The molecule has 118 valence electrons. The molecular weight excluding hydrogens is 378 g/mol. The molecule has 0 radical (unpaired) electrons. The van der Waals surface area contributed by atoms with Gasteiger partial charge in [-0.15, -0.1) is 0 Å². The molecule has 0 saturated carbocycles. The summed E-state index contributed by atoms with van der Waals surface area (Å²) in [5.41, 5.74) is 1.98. The van der Waals surface area contributed by atoms with E-state index in [1.165, 1.54) is 6.26 Å². The quantitative estimate of drug-likeness (QED) is 0.649. The highest BCUT2D eigenvalue weighted by Crippen LogP contribution is 2.36. The van der Waals surface area contributed by atoms with Gasteiger partial charge in [0, 0.05) is 10.7 Å². The SMILES string of the molecule is COc1ccc2c(ccc(-c3ccc(S(C)(=O)=O)cc3)[14c]2Br)c1. The van der Waals surface area contributed by atoms with Crippen LogP contribution in [0.2, 0.25) is 0 Å². The van der Waals surface area contributed by atoms with Crippen LogP contribution >= 0.6 is 15.9 Å². The molecule has 0 aliphatic carbocycles. The molecule has 0 saturated heterocycles. The normalized spacial score (nSPS) is 11.6. The summed E-state index contributed by atoms with van der Waals surface area (Å²) in [6.45, 7) is 0. The molecule has 0 amide bonds. The molecule has 3 rings (SSSR count). The monoisotopic (exact) mass is 392 g/mol. The molecule has 0 atom stereocenters. The topological polar surface area (TPSA) is 43.4 Å². The highest BCUT2D eigenvalue weighted by atomic mass is 79.9. The Morgan fingerprint density at radius 3 is 2.30 bits per heavy atom. The van der Waals surface area contributed by atoms with Gasteiger partial charge in [0.25, 0.3) is 0 Å². The first-order valence-electron chi connectivity index (χ1n) is 6.97. The lowest BCUT2D eigenvalue weighted by Crippen LogP contribution is -1.96. The van der Waals surface area contributed by atoms with E-state index < -0.39 is 9.84 Å². The van der Waals surface area contributed by atoms with Crippen LogP contribution < -0.4 is 4.74 Å². The van der Waals surface area contributed by atoms with Gasteiger partial charge in [0.05, 0.1) is 12.0 Å². The first-order valence-corrected chi connectivity index (χ1v) is 9.65. The van der Waals surface area contributed by atoms with Crippen LogP contribution in [0.3, 0.4) is 0 Å². The number of hydrogen-bond donors (Lipinski definition) is 0. The van der Waals surface area contributed by atoms with Gasteiger partial charge in [-0.2, -0.15) is 0 Å². The Kier molecular flexibility index (Phi) is 4.17. The zero-order chi connectivity index (χ0) is 16.6. The van der Waals surface area contributed by atoms with Crippen LogP contribution in [0.5, 0.6) is 5.75 Å². The molecule has 0 bridgehead atoms. The fourth-order valence-electron chi connectivity index (χ4n) is 2.50. The average molecular weight is 393 g/mol. The van der Waals surface area contributed by atoms with Crippen molar-refractivity contribution in [2.45, 2.75) is 4.90 Å². The first-order chi connectivity index (χ1) is 10.9. The molecule has 3 aromatic rings. The highest BCUT2D eigenvalue weighted by molar-refractivity contribution is 9.10. The van der Waals surface area contributed by atoms with Crippen LogP contribution in [-0.4, -0.2) is 21.8 Å². The van der Waals surface area contributed by atoms with Crippen LogP contribution in [0.25, 0.3) is 21.9 Å². The summed E-state index contributed by atoms with van der Waals surface area (Å²) in [6, 6.07) is 16.9. The fraction of sp³-hybridized carbons (Fsp3) is 0.111. The maximum atomic E-state index is 11.6. The van der Waals surface area contributed by atoms with Crippen molar-refractivity contribution >= 4 is 36.5 Å². The molecule has 0 N–H and O–H groups in total. The van der Waals surface area contributed by atoms with E-state index in [2.05, 4.69) is 15.9 Å². The zero-order valence-electron chi connectivity index (χ0n) is 12.7. The van der Waals surface area contributed by atoms with Gasteiger partial charge in [-0.1, -0.05) is 24.3 Å².